The first-order chi connectivity index (χ1) is 19.9. The fourth-order valence-corrected chi connectivity index (χ4v) is 4.62. The van der Waals surface area contributed by atoms with Gasteiger partial charge in [-0.3, -0.25) is 10.2 Å². The second kappa shape index (κ2) is 12.1. The molecule has 3 aromatic rings. The molecule has 0 bridgehead atoms. The molecule has 0 aliphatic heterocycles. The highest BCUT2D eigenvalue weighted by molar-refractivity contribution is 6.16. The molecule has 4 N–H and O–H groups in total. The number of anilines is 3. The number of carbonyl (C=O) groups is 1. The van der Waals surface area contributed by atoms with Crippen molar-refractivity contribution in [2.75, 3.05) is 23.0 Å². The summed E-state index contributed by atoms with van der Waals surface area (Å²) in [6.07, 6.45) is 6.23. The van der Waals surface area contributed by atoms with Gasteiger partial charge in [0.2, 0.25) is 0 Å². The molecule has 1 saturated carbocycles. The van der Waals surface area contributed by atoms with Crippen LogP contribution in [0.15, 0.2) is 89.2 Å². The zero-order valence-corrected chi connectivity index (χ0v) is 23.0. The Morgan fingerprint density at radius 3 is 2.61 bits per heavy atom. The summed E-state index contributed by atoms with van der Waals surface area (Å²) in [5.74, 6) is 0.889. The van der Waals surface area contributed by atoms with E-state index in [1.165, 1.54) is 12.4 Å². The van der Waals surface area contributed by atoms with Crippen LogP contribution in [0.4, 0.5) is 27.4 Å². The Kier molecular flexibility index (Phi) is 8.19. The zero-order valence-electron chi connectivity index (χ0n) is 23.0. The number of hydrogen-bond donors (Lipinski definition) is 3. The van der Waals surface area contributed by atoms with Gasteiger partial charge < -0.3 is 20.7 Å². The normalized spacial score (nSPS) is 16.1. The monoisotopic (exact) mass is 553 g/mol. The predicted octanol–water partition coefficient (Wildman–Crippen LogP) is 5.99. The number of aliphatic imine (C=N–C) groups is 1. The van der Waals surface area contributed by atoms with E-state index in [0.29, 0.717) is 47.1 Å². The molecule has 1 aromatic heterocycles. The molecule has 5 rings (SSSR count). The van der Waals surface area contributed by atoms with Crippen LogP contribution in [0.5, 0.6) is 0 Å². The molecule has 1 fully saturated rings. The SMILES string of the molecule is CC(Nc1ncnc(N)c1C(=N)C1=CC(F)=C(OC2CC2)CC1)/C(=N/c1ccccc1C=O)N(C)c1ccccc1. The van der Waals surface area contributed by atoms with Gasteiger partial charge in [-0.25, -0.2) is 19.4 Å². The van der Waals surface area contributed by atoms with Crippen LogP contribution in [0, 0.1) is 5.41 Å². The van der Waals surface area contributed by atoms with Crippen molar-refractivity contribution in [3.63, 3.8) is 0 Å². The maximum atomic E-state index is 14.9. The van der Waals surface area contributed by atoms with E-state index in [4.69, 9.17) is 20.9 Å². The molecule has 1 unspecified atom stereocenters. The number of rotatable bonds is 10. The topological polar surface area (TPSA) is 130 Å². The van der Waals surface area contributed by atoms with Gasteiger partial charge in [0.25, 0.3) is 0 Å². The first kappa shape index (κ1) is 27.7. The third kappa shape index (κ3) is 6.32. The molecule has 41 heavy (non-hydrogen) atoms. The molecular formula is C31H32FN7O2. The third-order valence-corrected chi connectivity index (χ3v) is 7.00. The summed E-state index contributed by atoms with van der Waals surface area (Å²) in [4.78, 5) is 27.0. The summed E-state index contributed by atoms with van der Waals surface area (Å²) in [5, 5.41) is 12.3. The molecule has 2 aliphatic rings. The number of nitrogens with one attached hydrogen (secondary N) is 2. The number of aromatic nitrogens is 2. The van der Waals surface area contributed by atoms with E-state index in [2.05, 4.69) is 15.3 Å². The van der Waals surface area contributed by atoms with Gasteiger partial charge in [0, 0.05) is 24.7 Å². The molecule has 0 spiro atoms. The summed E-state index contributed by atoms with van der Waals surface area (Å²) < 4.78 is 20.5. The first-order valence-electron chi connectivity index (χ1n) is 13.5. The Balaban J connectivity index is 1.48. The van der Waals surface area contributed by atoms with Gasteiger partial charge in [0.05, 0.1) is 29.1 Å². The first-order valence-corrected chi connectivity index (χ1v) is 13.5. The minimum Gasteiger partial charge on any atom is -0.492 e. The minimum atomic E-state index is -0.464. The van der Waals surface area contributed by atoms with Crippen LogP contribution >= 0.6 is 0 Å². The Morgan fingerprint density at radius 1 is 1.17 bits per heavy atom. The summed E-state index contributed by atoms with van der Waals surface area (Å²) >= 11 is 0. The summed E-state index contributed by atoms with van der Waals surface area (Å²) in [7, 11) is 1.89. The van der Waals surface area contributed by atoms with Crippen LogP contribution in [0.25, 0.3) is 0 Å². The van der Waals surface area contributed by atoms with E-state index in [-0.39, 0.29) is 23.2 Å². The second-order valence-electron chi connectivity index (χ2n) is 10.0. The fourth-order valence-electron chi connectivity index (χ4n) is 4.62. The molecule has 210 valence electrons. The Labute approximate surface area is 238 Å². The third-order valence-electron chi connectivity index (χ3n) is 7.00. The van der Waals surface area contributed by atoms with Crippen LogP contribution in [0.3, 0.4) is 0 Å². The largest absolute Gasteiger partial charge is 0.492 e. The lowest BCUT2D eigenvalue weighted by atomic mass is 9.94. The maximum Gasteiger partial charge on any atom is 0.161 e. The van der Waals surface area contributed by atoms with Crippen LogP contribution in [0.1, 0.15) is 48.5 Å². The average Bonchev–Trinajstić information content (AvgIpc) is 3.81. The summed E-state index contributed by atoms with van der Waals surface area (Å²) in [6.45, 7) is 1.90. The van der Waals surface area contributed by atoms with Crippen LogP contribution in [-0.2, 0) is 4.74 Å². The standard InChI is InChI=1S/C31H32FN7O2/c1-19(31(39(2)22-9-4-3-5-10-22)38-25-11-7-6-8-21(25)17-40)37-30-27(29(34)35-18-36-30)28(33)20-12-15-26(24(32)16-20)41-23-13-14-23/h3-11,16-19,23,33H,12-15H2,1-2H3,(H3,34,35,36,37)/b33-28?,38-31-. The number of allylic oxidation sites excluding steroid dienone is 4. The van der Waals surface area contributed by atoms with E-state index in [9.17, 15) is 9.18 Å². The molecule has 0 radical (unpaired) electrons. The Bertz CT molecular complexity index is 1550. The smallest absolute Gasteiger partial charge is 0.161 e. The van der Waals surface area contributed by atoms with Crippen molar-refractivity contribution in [1.29, 1.82) is 5.41 Å². The lowest BCUT2D eigenvalue weighted by molar-refractivity contribution is 0.112. The van der Waals surface area contributed by atoms with Gasteiger partial charge in [-0.2, -0.15) is 0 Å². The van der Waals surface area contributed by atoms with Gasteiger partial charge >= 0.3 is 0 Å². The van der Waals surface area contributed by atoms with E-state index in [1.807, 2.05) is 55.3 Å². The maximum absolute atomic E-state index is 14.9. The lowest BCUT2D eigenvalue weighted by Crippen LogP contribution is -2.40. The number of benzene rings is 2. The minimum absolute atomic E-state index is 0.0413. The van der Waals surface area contributed by atoms with Crippen molar-refractivity contribution in [2.45, 2.75) is 44.8 Å². The Hall–Kier alpha value is -4.86. The molecule has 9 nitrogen and oxygen atoms in total. The number of ether oxygens (including phenoxy) is 1. The molecule has 2 aromatic carbocycles. The van der Waals surface area contributed by atoms with Crippen molar-refractivity contribution in [2.24, 2.45) is 4.99 Å². The van der Waals surface area contributed by atoms with Gasteiger partial charge in [0.1, 0.15) is 29.6 Å². The van der Waals surface area contributed by atoms with Crippen LogP contribution in [-0.4, -0.2) is 47.0 Å². The van der Waals surface area contributed by atoms with Gasteiger partial charge in [-0.1, -0.05) is 30.3 Å². The van der Waals surface area contributed by atoms with Crippen molar-refractivity contribution >= 4 is 40.8 Å². The van der Waals surface area contributed by atoms with Gasteiger partial charge in [-0.15, -0.1) is 0 Å². The number of hydrogen-bond acceptors (Lipinski definition) is 8. The average molecular weight is 554 g/mol. The second-order valence-corrected chi connectivity index (χ2v) is 10.0. The van der Waals surface area contributed by atoms with Crippen molar-refractivity contribution < 1.29 is 13.9 Å². The number of halogens is 1. The zero-order chi connectivity index (χ0) is 28.9. The van der Waals surface area contributed by atoms with Crippen molar-refractivity contribution in [3.05, 3.63) is 95.3 Å². The molecule has 1 heterocycles. The molecule has 0 amide bonds. The molecule has 2 aliphatic carbocycles. The number of para-hydroxylation sites is 2. The van der Waals surface area contributed by atoms with Crippen LogP contribution in [0.2, 0.25) is 0 Å². The molecular weight excluding hydrogens is 521 g/mol. The summed E-state index contributed by atoms with van der Waals surface area (Å²) in [6, 6.07) is 16.3. The van der Waals surface area contributed by atoms with E-state index >= 15 is 0 Å². The Morgan fingerprint density at radius 2 is 1.90 bits per heavy atom. The number of amidine groups is 1. The summed E-state index contributed by atoms with van der Waals surface area (Å²) in [5.41, 5.74) is 8.92. The number of likely N-dealkylation sites (N-methyl/N-ethyl adjacent to an activating group) is 1. The number of carbonyl (C=O) groups excluding carboxylic acids is 1. The molecule has 10 heteroatoms. The molecule has 1 atom stereocenters. The number of nitrogens with zero attached hydrogens (tertiary/aromatic N) is 4. The van der Waals surface area contributed by atoms with Crippen molar-refractivity contribution in [3.8, 4) is 0 Å². The molecule has 0 saturated heterocycles. The van der Waals surface area contributed by atoms with Crippen molar-refractivity contribution in [1.82, 2.24) is 9.97 Å². The fraction of sp³-hybridized carbons (Fsp3) is 0.258. The highest BCUT2D eigenvalue weighted by Crippen LogP contribution is 2.35. The quantitative estimate of drug-likeness (QED) is 0.160. The predicted molar refractivity (Wildman–Crippen MR) is 160 cm³/mol. The number of aldehydes is 1. The van der Waals surface area contributed by atoms with E-state index in [0.717, 1.165) is 24.8 Å². The number of nitrogen functional groups attached to an aromatic ring is 1. The number of nitrogens with two attached hydrogens (primary N) is 1. The van der Waals surface area contributed by atoms with Gasteiger partial charge in [0.15, 0.2) is 12.1 Å². The lowest BCUT2D eigenvalue weighted by Gasteiger charge is -2.28. The highest BCUT2D eigenvalue weighted by Gasteiger charge is 2.29. The van der Waals surface area contributed by atoms with Crippen LogP contribution < -0.4 is 16.0 Å². The van der Waals surface area contributed by atoms with E-state index in [1.54, 1.807) is 18.2 Å². The highest BCUT2D eigenvalue weighted by atomic mass is 19.1. The van der Waals surface area contributed by atoms with Gasteiger partial charge in [-0.05, 0) is 62.1 Å². The van der Waals surface area contributed by atoms with E-state index < -0.39 is 11.9 Å².